The van der Waals surface area contributed by atoms with Crippen molar-refractivity contribution in [3.63, 3.8) is 0 Å². The van der Waals surface area contributed by atoms with E-state index in [9.17, 15) is 4.79 Å². The van der Waals surface area contributed by atoms with Crippen molar-refractivity contribution < 1.29 is 4.79 Å². The zero-order valence-corrected chi connectivity index (χ0v) is 13.4. The van der Waals surface area contributed by atoms with Gasteiger partial charge in [0.25, 0.3) is 5.91 Å². The number of amides is 1. The first-order valence-corrected chi connectivity index (χ1v) is 8.03. The fourth-order valence-corrected chi connectivity index (χ4v) is 3.10. The van der Waals surface area contributed by atoms with Crippen molar-refractivity contribution in [2.45, 2.75) is 25.7 Å². The highest BCUT2D eigenvalue weighted by molar-refractivity contribution is 5.93. The summed E-state index contributed by atoms with van der Waals surface area (Å²) in [6.45, 7) is 4.91. The van der Waals surface area contributed by atoms with Crippen LogP contribution in [0.4, 0.5) is 0 Å². The van der Waals surface area contributed by atoms with Gasteiger partial charge in [-0.2, -0.15) is 0 Å². The molecule has 1 amide bonds. The van der Waals surface area contributed by atoms with Crippen molar-refractivity contribution in [3.05, 3.63) is 59.2 Å². The predicted octanol–water partition coefficient (Wildman–Crippen LogP) is 1.92. The lowest BCUT2D eigenvalue weighted by atomic mass is 10.1. The largest absolute Gasteiger partial charge is 0.365 e. The van der Waals surface area contributed by atoms with Gasteiger partial charge >= 0.3 is 0 Å². The van der Waals surface area contributed by atoms with Crippen LogP contribution in [0.25, 0.3) is 0 Å². The van der Waals surface area contributed by atoms with Gasteiger partial charge < -0.3 is 10.6 Å². The summed E-state index contributed by atoms with van der Waals surface area (Å²) in [5.74, 6) is 0.700. The molecule has 3 rings (SSSR count). The summed E-state index contributed by atoms with van der Waals surface area (Å²) < 4.78 is 0. The minimum Gasteiger partial charge on any atom is -0.365 e. The molecular formula is C18H22N4O. The van der Waals surface area contributed by atoms with Gasteiger partial charge in [0, 0.05) is 25.2 Å². The van der Waals surface area contributed by atoms with E-state index in [0.29, 0.717) is 17.2 Å². The number of rotatable bonds is 5. The second-order valence-corrected chi connectivity index (χ2v) is 6.11. The maximum atomic E-state index is 11.3. The number of nitrogens with zero attached hydrogens (tertiary/aromatic N) is 3. The van der Waals surface area contributed by atoms with Crippen LogP contribution in [0.2, 0.25) is 0 Å². The lowest BCUT2D eigenvalue weighted by molar-refractivity contribution is 0.0999. The first kappa shape index (κ1) is 15.6. The molecule has 5 heteroatoms. The Hall–Kier alpha value is -2.27. The molecule has 1 saturated heterocycles. The van der Waals surface area contributed by atoms with Gasteiger partial charge in [0.15, 0.2) is 0 Å². The first-order valence-electron chi connectivity index (χ1n) is 8.03. The van der Waals surface area contributed by atoms with Crippen LogP contribution in [0.3, 0.4) is 0 Å². The van der Waals surface area contributed by atoms with Crippen LogP contribution in [-0.2, 0) is 6.42 Å². The molecule has 1 fully saturated rings. The van der Waals surface area contributed by atoms with Gasteiger partial charge in [0.05, 0.1) is 11.3 Å². The van der Waals surface area contributed by atoms with Gasteiger partial charge in [0.1, 0.15) is 5.82 Å². The number of primary amides is 1. The molecule has 1 aromatic carbocycles. The molecule has 0 bridgehead atoms. The molecule has 0 spiro atoms. The van der Waals surface area contributed by atoms with E-state index in [1.54, 1.807) is 6.20 Å². The third kappa shape index (κ3) is 3.74. The molecular weight excluding hydrogens is 288 g/mol. The van der Waals surface area contributed by atoms with Gasteiger partial charge in [0.2, 0.25) is 0 Å². The highest BCUT2D eigenvalue weighted by atomic mass is 16.1. The van der Waals surface area contributed by atoms with Crippen LogP contribution in [0.1, 0.15) is 39.8 Å². The number of carbonyl (C=O) groups excluding carboxylic acids is 1. The molecule has 1 aliphatic rings. The second kappa shape index (κ2) is 6.87. The Balaban J connectivity index is 1.59. The fourth-order valence-electron chi connectivity index (χ4n) is 3.10. The molecule has 0 radical (unpaired) electrons. The Morgan fingerprint density at radius 3 is 2.83 bits per heavy atom. The standard InChI is InChI=1S/C18H22N4O/c1-13-16(17(19)23)11-20-18(21-13)15-8-10-22(12-15)9-7-14-5-3-2-4-6-14/h2-6,11,15H,7-10,12H2,1H3,(H2,19,23). The Morgan fingerprint density at radius 2 is 2.13 bits per heavy atom. The number of hydrogen-bond acceptors (Lipinski definition) is 4. The molecule has 1 aromatic heterocycles. The average Bonchev–Trinajstić information content (AvgIpc) is 3.02. The van der Waals surface area contributed by atoms with Crippen LogP contribution in [0.15, 0.2) is 36.5 Å². The molecule has 5 nitrogen and oxygen atoms in total. The molecule has 1 unspecified atom stereocenters. The highest BCUT2D eigenvalue weighted by Crippen LogP contribution is 2.25. The first-order chi connectivity index (χ1) is 11.1. The third-order valence-corrected chi connectivity index (χ3v) is 4.46. The van der Waals surface area contributed by atoms with Gasteiger partial charge in [-0.25, -0.2) is 9.97 Å². The summed E-state index contributed by atoms with van der Waals surface area (Å²) >= 11 is 0. The van der Waals surface area contributed by atoms with Gasteiger partial charge in [-0.3, -0.25) is 4.79 Å². The van der Waals surface area contributed by atoms with Crippen molar-refractivity contribution in [3.8, 4) is 0 Å². The Kier molecular flexibility index (Phi) is 4.67. The van der Waals surface area contributed by atoms with E-state index in [1.165, 1.54) is 5.56 Å². The smallest absolute Gasteiger partial charge is 0.252 e. The molecule has 23 heavy (non-hydrogen) atoms. The van der Waals surface area contributed by atoms with E-state index in [1.807, 2.05) is 13.0 Å². The van der Waals surface area contributed by atoms with Crippen LogP contribution < -0.4 is 5.73 Å². The van der Waals surface area contributed by atoms with Crippen LogP contribution >= 0.6 is 0 Å². The number of likely N-dealkylation sites (tertiary alicyclic amines) is 1. The van der Waals surface area contributed by atoms with Crippen LogP contribution in [0.5, 0.6) is 0 Å². The summed E-state index contributed by atoms with van der Waals surface area (Å²) in [5.41, 5.74) is 7.76. The molecule has 1 aliphatic heterocycles. The van der Waals surface area contributed by atoms with Crippen LogP contribution in [0, 0.1) is 6.92 Å². The van der Waals surface area contributed by atoms with Crippen molar-refractivity contribution >= 4 is 5.91 Å². The van der Waals surface area contributed by atoms with Gasteiger partial charge in [-0.15, -0.1) is 0 Å². The number of aromatic nitrogens is 2. The molecule has 120 valence electrons. The Labute approximate surface area is 136 Å². The van der Waals surface area contributed by atoms with Crippen molar-refractivity contribution in [1.82, 2.24) is 14.9 Å². The average molecular weight is 310 g/mol. The summed E-state index contributed by atoms with van der Waals surface area (Å²) in [6.07, 6.45) is 3.69. The van der Waals surface area contributed by atoms with E-state index in [-0.39, 0.29) is 0 Å². The number of hydrogen-bond donors (Lipinski definition) is 1. The molecule has 2 N–H and O–H groups in total. The van der Waals surface area contributed by atoms with E-state index in [4.69, 9.17) is 5.73 Å². The molecule has 1 atom stereocenters. The Morgan fingerprint density at radius 1 is 1.35 bits per heavy atom. The fraction of sp³-hybridized carbons (Fsp3) is 0.389. The molecule has 0 saturated carbocycles. The molecule has 2 heterocycles. The lowest BCUT2D eigenvalue weighted by Crippen LogP contribution is -2.23. The molecule has 0 aliphatic carbocycles. The second-order valence-electron chi connectivity index (χ2n) is 6.11. The monoisotopic (exact) mass is 310 g/mol. The van der Waals surface area contributed by atoms with Crippen molar-refractivity contribution in [2.24, 2.45) is 5.73 Å². The number of nitrogens with two attached hydrogens (primary N) is 1. The zero-order valence-electron chi connectivity index (χ0n) is 13.4. The maximum Gasteiger partial charge on any atom is 0.252 e. The van der Waals surface area contributed by atoms with E-state index in [2.05, 4.69) is 39.1 Å². The Bertz CT molecular complexity index is 687. The van der Waals surface area contributed by atoms with Crippen molar-refractivity contribution in [1.29, 1.82) is 0 Å². The molecule has 2 aromatic rings. The third-order valence-electron chi connectivity index (χ3n) is 4.46. The normalized spacial score (nSPS) is 18.2. The lowest BCUT2D eigenvalue weighted by Gasteiger charge is -2.15. The van der Waals surface area contributed by atoms with E-state index in [0.717, 1.165) is 38.3 Å². The van der Waals surface area contributed by atoms with Gasteiger partial charge in [-0.1, -0.05) is 30.3 Å². The quantitative estimate of drug-likeness (QED) is 0.916. The van der Waals surface area contributed by atoms with Crippen molar-refractivity contribution in [2.75, 3.05) is 19.6 Å². The van der Waals surface area contributed by atoms with E-state index >= 15 is 0 Å². The summed E-state index contributed by atoms with van der Waals surface area (Å²) in [6, 6.07) is 10.5. The minimum atomic E-state index is -0.468. The van der Waals surface area contributed by atoms with Crippen LogP contribution in [-0.4, -0.2) is 40.4 Å². The minimum absolute atomic E-state index is 0.339. The summed E-state index contributed by atoms with van der Waals surface area (Å²) in [4.78, 5) is 22.6. The maximum absolute atomic E-state index is 11.3. The number of benzene rings is 1. The van der Waals surface area contributed by atoms with Gasteiger partial charge in [-0.05, 0) is 31.9 Å². The number of aryl methyl sites for hydroxylation is 1. The highest BCUT2D eigenvalue weighted by Gasteiger charge is 2.26. The summed E-state index contributed by atoms with van der Waals surface area (Å²) in [5, 5.41) is 0. The van der Waals surface area contributed by atoms with E-state index < -0.39 is 5.91 Å². The number of carbonyl (C=O) groups is 1. The zero-order chi connectivity index (χ0) is 16.2. The summed E-state index contributed by atoms with van der Waals surface area (Å²) in [7, 11) is 0. The topological polar surface area (TPSA) is 72.1 Å². The SMILES string of the molecule is Cc1nc(C2CCN(CCc3ccccc3)C2)ncc1C(N)=O. The predicted molar refractivity (Wildman–Crippen MR) is 89.2 cm³/mol.